The third-order valence-corrected chi connectivity index (χ3v) is 6.06. The first-order chi connectivity index (χ1) is 14.1. The Morgan fingerprint density at radius 3 is 2.59 bits per heavy atom. The van der Waals surface area contributed by atoms with Gasteiger partial charge in [-0.3, -0.25) is 14.6 Å². The van der Waals surface area contributed by atoms with Crippen LogP contribution >= 0.6 is 11.3 Å². The molecule has 0 saturated carbocycles. The largest absolute Gasteiger partial charge is 0.343 e. The van der Waals surface area contributed by atoms with Crippen molar-refractivity contribution in [2.75, 3.05) is 18.4 Å². The Morgan fingerprint density at radius 1 is 1.10 bits per heavy atom. The van der Waals surface area contributed by atoms with Gasteiger partial charge in [0, 0.05) is 60.5 Å². The maximum Gasteiger partial charge on any atom is 0.227 e. The van der Waals surface area contributed by atoms with Crippen LogP contribution in [0.3, 0.4) is 0 Å². The van der Waals surface area contributed by atoms with Gasteiger partial charge in [-0.25, -0.2) is 4.98 Å². The Bertz CT molecular complexity index is 1010. The highest BCUT2D eigenvalue weighted by Gasteiger charge is 2.26. The van der Waals surface area contributed by atoms with Crippen LogP contribution in [0.15, 0.2) is 54.2 Å². The van der Waals surface area contributed by atoms with Crippen LogP contribution < -0.4 is 5.32 Å². The Morgan fingerprint density at radius 2 is 1.86 bits per heavy atom. The van der Waals surface area contributed by atoms with E-state index in [2.05, 4.69) is 10.3 Å². The minimum absolute atomic E-state index is 0.0149. The monoisotopic (exact) mass is 406 g/mol. The van der Waals surface area contributed by atoms with Gasteiger partial charge in [0.25, 0.3) is 0 Å². The van der Waals surface area contributed by atoms with E-state index >= 15 is 0 Å². The molecule has 0 aliphatic carbocycles. The average Bonchev–Trinajstić information content (AvgIpc) is 3.25. The van der Waals surface area contributed by atoms with Gasteiger partial charge in [-0.05, 0) is 37.1 Å². The Labute approximate surface area is 173 Å². The van der Waals surface area contributed by atoms with Crippen LogP contribution in [0.25, 0.3) is 21.8 Å². The number of carbonyl (C=O) groups is 2. The number of aromatic nitrogens is 2. The summed E-state index contributed by atoms with van der Waals surface area (Å²) < 4.78 is 0. The van der Waals surface area contributed by atoms with E-state index in [1.807, 2.05) is 41.8 Å². The number of carbonyl (C=O) groups excluding carboxylic acids is 2. The molecule has 29 heavy (non-hydrogen) atoms. The molecule has 148 valence electrons. The van der Waals surface area contributed by atoms with Crippen LogP contribution in [-0.2, 0) is 9.59 Å². The molecule has 1 fully saturated rings. The summed E-state index contributed by atoms with van der Waals surface area (Å²) in [5, 5.41) is 5.99. The molecule has 1 aromatic carbocycles. The molecule has 0 unspecified atom stereocenters. The average molecular weight is 407 g/mol. The zero-order valence-electron chi connectivity index (χ0n) is 16.2. The minimum Gasteiger partial charge on any atom is -0.343 e. The number of anilines is 1. The zero-order chi connectivity index (χ0) is 20.2. The first kappa shape index (κ1) is 19.3. The molecule has 2 amide bonds. The standard InChI is InChI=1S/C22H22N4O2S/c1-15(27)26-11-7-16(8-12-26)21(28)24-19-4-2-3-18(13-19)20-14-29-22(25-20)17-5-9-23-10-6-17/h2-6,9-10,13-14,16H,7-8,11-12H2,1H3,(H,24,28). The van der Waals surface area contributed by atoms with Crippen LogP contribution in [0.2, 0.25) is 0 Å². The summed E-state index contributed by atoms with van der Waals surface area (Å²) >= 11 is 1.58. The molecule has 1 saturated heterocycles. The summed E-state index contributed by atoms with van der Waals surface area (Å²) in [5.41, 5.74) is 3.65. The molecular formula is C22H22N4O2S. The van der Waals surface area contributed by atoms with Gasteiger partial charge in [0.2, 0.25) is 11.8 Å². The molecular weight excluding hydrogens is 384 g/mol. The Kier molecular flexibility index (Phi) is 5.67. The number of amides is 2. The topological polar surface area (TPSA) is 75.2 Å². The number of hydrogen-bond acceptors (Lipinski definition) is 5. The summed E-state index contributed by atoms with van der Waals surface area (Å²) in [4.78, 5) is 34.7. The number of benzene rings is 1. The van der Waals surface area contributed by atoms with Crippen LogP contribution in [0.5, 0.6) is 0 Å². The maximum atomic E-state index is 12.6. The second-order valence-corrected chi connectivity index (χ2v) is 7.98. The third-order valence-electron chi connectivity index (χ3n) is 5.17. The maximum absolute atomic E-state index is 12.6. The smallest absolute Gasteiger partial charge is 0.227 e. The fourth-order valence-corrected chi connectivity index (χ4v) is 4.33. The lowest BCUT2D eigenvalue weighted by atomic mass is 9.95. The number of pyridine rings is 1. The fourth-order valence-electron chi connectivity index (χ4n) is 3.49. The van der Waals surface area contributed by atoms with Gasteiger partial charge in [0.1, 0.15) is 5.01 Å². The molecule has 0 spiro atoms. The predicted octanol–water partition coefficient (Wildman–Crippen LogP) is 4.07. The molecule has 4 rings (SSSR count). The van der Waals surface area contributed by atoms with E-state index < -0.39 is 0 Å². The lowest BCUT2D eigenvalue weighted by molar-refractivity contribution is -0.132. The molecule has 7 heteroatoms. The van der Waals surface area contributed by atoms with E-state index in [0.29, 0.717) is 25.9 Å². The van der Waals surface area contributed by atoms with Gasteiger partial charge >= 0.3 is 0 Å². The fraction of sp³-hybridized carbons (Fsp3) is 0.273. The van der Waals surface area contributed by atoms with Gasteiger partial charge in [-0.2, -0.15) is 0 Å². The second-order valence-electron chi connectivity index (χ2n) is 7.12. The first-order valence-corrected chi connectivity index (χ1v) is 10.5. The molecule has 2 aromatic heterocycles. The SMILES string of the molecule is CC(=O)N1CCC(C(=O)Nc2cccc(-c3csc(-c4ccncc4)n3)c2)CC1. The van der Waals surface area contributed by atoms with Crippen LogP contribution in [-0.4, -0.2) is 39.8 Å². The van der Waals surface area contributed by atoms with Crippen molar-refractivity contribution in [3.8, 4) is 21.8 Å². The highest BCUT2D eigenvalue weighted by molar-refractivity contribution is 7.13. The van der Waals surface area contributed by atoms with Crippen molar-refractivity contribution in [2.24, 2.45) is 5.92 Å². The molecule has 1 aliphatic rings. The van der Waals surface area contributed by atoms with Crippen molar-refractivity contribution in [2.45, 2.75) is 19.8 Å². The summed E-state index contributed by atoms with van der Waals surface area (Å²) in [5.74, 6) is 0.0267. The van der Waals surface area contributed by atoms with E-state index in [-0.39, 0.29) is 17.7 Å². The first-order valence-electron chi connectivity index (χ1n) is 9.63. The second kappa shape index (κ2) is 8.53. The lowest BCUT2D eigenvalue weighted by Gasteiger charge is -2.30. The van der Waals surface area contributed by atoms with Crippen molar-refractivity contribution >= 4 is 28.8 Å². The van der Waals surface area contributed by atoms with Crippen molar-refractivity contribution in [1.82, 2.24) is 14.9 Å². The van der Waals surface area contributed by atoms with Crippen molar-refractivity contribution in [3.05, 3.63) is 54.2 Å². The zero-order valence-corrected chi connectivity index (χ0v) is 17.0. The Balaban J connectivity index is 1.44. The number of likely N-dealkylation sites (tertiary alicyclic amines) is 1. The van der Waals surface area contributed by atoms with Crippen molar-refractivity contribution < 1.29 is 9.59 Å². The number of piperidine rings is 1. The normalized spacial score (nSPS) is 14.6. The van der Waals surface area contributed by atoms with E-state index in [1.54, 1.807) is 35.6 Å². The number of nitrogens with zero attached hydrogens (tertiary/aromatic N) is 3. The van der Waals surface area contributed by atoms with Gasteiger partial charge < -0.3 is 10.2 Å². The minimum atomic E-state index is -0.0631. The quantitative estimate of drug-likeness (QED) is 0.709. The van der Waals surface area contributed by atoms with Crippen LogP contribution in [0.4, 0.5) is 5.69 Å². The number of rotatable bonds is 4. The molecule has 3 aromatic rings. The van der Waals surface area contributed by atoms with Crippen LogP contribution in [0.1, 0.15) is 19.8 Å². The Hall–Kier alpha value is -3.06. The highest BCUT2D eigenvalue weighted by Crippen LogP contribution is 2.30. The summed E-state index contributed by atoms with van der Waals surface area (Å²) in [6, 6.07) is 11.6. The molecule has 6 nitrogen and oxygen atoms in total. The molecule has 0 radical (unpaired) electrons. The molecule has 0 atom stereocenters. The number of hydrogen-bond donors (Lipinski definition) is 1. The highest BCUT2D eigenvalue weighted by atomic mass is 32.1. The summed E-state index contributed by atoms with van der Waals surface area (Å²) in [6.45, 7) is 2.86. The van der Waals surface area contributed by atoms with Crippen LogP contribution in [0, 0.1) is 5.92 Å². The van der Waals surface area contributed by atoms with Crippen molar-refractivity contribution in [1.29, 1.82) is 0 Å². The summed E-state index contributed by atoms with van der Waals surface area (Å²) in [6.07, 6.45) is 4.92. The predicted molar refractivity (Wildman–Crippen MR) is 114 cm³/mol. The van der Waals surface area contributed by atoms with Crippen molar-refractivity contribution in [3.63, 3.8) is 0 Å². The number of thiazole rings is 1. The van der Waals surface area contributed by atoms with Gasteiger partial charge in [0.05, 0.1) is 5.69 Å². The molecule has 1 N–H and O–H groups in total. The van der Waals surface area contributed by atoms with Gasteiger partial charge in [0.15, 0.2) is 0 Å². The molecule has 3 heterocycles. The number of nitrogens with one attached hydrogen (secondary N) is 1. The molecule has 0 bridgehead atoms. The lowest BCUT2D eigenvalue weighted by Crippen LogP contribution is -2.40. The molecule has 1 aliphatic heterocycles. The van der Waals surface area contributed by atoms with E-state index in [1.165, 1.54) is 0 Å². The third kappa shape index (κ3) is 4.51. The van der Waals surface area contributed by atoms with E-state index in [9.17, 15) is 9.59 Å². The van der Waals surface area contributed by atoms with Gasteiger partial charge in [-0.1, -0.05) is 12.1 Å². The summed E-state index contributed by atoms with van der Waals surface area (Å²) in [7, 11) is 0. The van der Waals surface area contributed by atoms with E-state index in [0.717, 1.165) is 27.5 Å². The van der Waals surface area contributed by atoms with E-state index in [4.69, 9.17) is 4.98 Å². The van der Waals surface area contributed by atoms with Gasteiger partial charge in [-0.15, -0.1) is 11.3 Å².